The summed E-state index contributed by atoms with van der Waals surface area (Å²) in [7, 11) is 0. The van der Waals surface area contributed by atoms with Crippen LogP contribution in [0, 0.1) is 0 Å². The molecule has 8 heteroatoms. The van der Waals surface area contributed by atoms with Crippen LogP contribution in [0.25, 0.3) is 11.0 Å². The van der Waals surface area contributed by atoms with E-state index in [4.69, 9.17) is 21.8 Å². The molecule has 1 aliphatic heterocycles. The summed E-state index contributed by atoms with van der Waals surface area (Å²) in [6, 6.07) is 7.14. The van der Waals surface area contributed by atoms with Crippen LogP contribution in [0.5, 0.6) is 0 Å². The summed E-state index contributed by atoms with van der Waals surface area (Å²) < 4.78 is 5.36. The summed E-state index contributed by atoms with van der Waals surface area (Å²) in [5.74, 6) is 0.121. The second-order valence-corrected chi connectivity index (χ2v) is 6.39. The molecule has 0 atom stereocenters. The average molecular weight is 359 g/mol. The van der Waals surface area contributed by atoms with Gasteiger partial charge in [0.15, 0.2) is 0 Å². The fourth-order valence-corrected chi connectivity index (χ4v) is 3.44. The first-order valence-corrected chi connectivity index (χ1v) is 8.21. The molecule has 0 aliphatic carbocycles. The van der Waals surface area contributed by atoms with Crippen molar-refractivity contribution >= 4 is 28.5 Å². The summed E-state index contributed by atoms with van der Waals surface area (Å²) in [5.41, 5.74) is 7.00. The van der Waals surface area contributed by atoms with Gasteiger partial charge < -0.3 is 10.2 Å². The zero-order valence-corrected chi connectivity index (χ0v) is 14.0. The van der Waals surface area contributed by atoms with Gasteiger partial charge in [-0.1, -0.05) is 23.7 Å². The maximum Gasteiger partial charge on any atom is 0.342 e. The number of nitrogens with two attached hydrogens (primary N) is 1. The smallest absolute Gasteiger partial charge is 0.342 e. The molecule has 0 bridgehead atoms. The molecular weight excluding hydrogens is 344 g/mol. The predicted molar refractivity (Wildman–Crippen MR) is 94.6 cm³/mol. The van der Waals surface area contributed by atoms with Crippen molar-refractivity contribution in [3.63, 3.8) is 0 Å². The summed E-state index contributed by atoms with van der Waals surface area (Å²) >= 11 is 6.43. The molecule has 2 aromatic heterocycles. The van der Waals surface area contributed by atoms with Crippen molar-refractivity contribution in [3.8, 4) is 0 Å². The molecule has 3 N–H and O–H groups in total. The molecule has 0 saturated carbocycles. The first-order chi connectivity index (χ1) is 12.0. The van der Waals surface area contributed by atoms with Crippen molar-refractivity contribution in [2.45, 2.75) is 19.5 Å². The molecule has 3 heterocycles. The van der Waals surface area contributed by atoms with Crippen LogP contribution in [-0.2, 0) is 19.5 Å². The molecule has 128 valence electrons. The van der Waals surface area contributed by atoms with E-state index in [0.29, 0.717) is 58.9 Å². The summed E-state index contributed by atoms with van der Waals surface area (Å²) in [5, 5.41) is 1.09. The molecule has 0 unspecified atom stereocenters. The lowest BCUT2D eigenvalue weighted by Gasteiger charge is -2.27. The fraction of sp³-hybridized carbons (Fsp3) is 0.235. The first-order valence-electron chi connectivity index (χ1n) is 7.83. The van der Waals surface area contributed by atoms with Crippen LogP contribution in [0.15, 0.2) is 38.3 Å². The van der Waals surface area contributed by atoms with Gasteiger partial charge in [0, 0.05) is 31.4 Å². The second-order valence-electron chi connectivity index (χ2n) is 6.02. The van der Waals surface area contributed by atoms with Crippen molar-refractivity contribution in [3.05, 3.63) is 66.9 Å². The molecular formula is C17H15ClN4O3. The Hall–Kier alpha value is -2.64. The number of halogens is 1. The Labute approximate surface area is 147 Å². The van der Waals surface area contributed by atoms with Gasteiger partial charge in [0.1, 0.15) is 5.58 Å². The molecule has 0 spiro atoms. The Balaban J connectivity index is 1.69. The number of H-pyrrole nitrogens is 1. The third kappa shape index (κ3) is 2.81. The Morgan fingerprint density at radius 2 is 2.12 bits per heavy atom. The third-order valence-corrected chi connectivity index (χ3v) is 4.82. The van der Waals surface area contributed by atoms with Crippen LogP contribution < -0.4 is 16.9 Å². The molecule has 25 heavy (non-hydrogen) atoms. The monoisotopic (exact) mass is 358 g/mol. The lowest BCUT2D eigenvalue weighted by Crippen LogP contribution is -2.36. The van der Waals surface area contributed by atoms with E-state index in [2.05, 4.69) is 9.97 Å². The van der Waals surface area contributed by atoms with E-state index >= 15 is 0 Å². The van der Waals surface area contributed by atoms with Crippen molar-refractivity contribution < 1.29 is 4.42 Å². The molecule has 0 amide bonds. The van der Waals surface area contributed by atoms with Gasteiger partial charge in [-0.2, -0.15) is 0 Å². The van der Waals surface area contributed by atoms with Crippen LogP contribution >= 0.6 is 11.6 Å². The summed E-state index contributed by atoms with van der Waals surface area (Å²) in [4.78, 5) is 33.1. The van der Waals surface area contributed by atoms with E-state index in [1.165, 1.54) is 0 Å². The quantitative estimate of drug-likeness (QED) is 0.675. The zero-order chi connectivity index (χ0) is 17.6. The number of aromatic nitrogens is 2. The minimum absolute atomic E-state index is 0.121. The Morgan fingerprint density at radius 3 is 2.96 bits per heavy atom. The first kappa shape index (κ1) is 15.9. The van der Waals surface area contributed by atoms with E-state index in [1.54, 1.807) is 12.1 Å². The van der Waals surface area contributed by atoms with E-state index < -0.39 is 5.63 Å². The summed E-state index contributed by atoms with van der Waals surface area (Å²) in [6.07, 6.45) is 0.583. The number of nitrogens with one attached hydrogen (secondary N) is 1. The van der Waals surface area contributed by atoms with Gasteiger partial charge in [0.25, 0.3) is 5.56 Å². The maximum atomic E-state index is 12.3. The van der Waals surface area contributed by atoms with E-state index in [1.807, 2.05) is 17.0 Å². The zero-order valence-electron chi connectivity index (χ0n) is 13.2. The number of fused-ring (bicyclic) bond motifs is 2. The van der Waals surface area contributed by atoms with Crippen molar-refractivity contribution in [2.75, 3.05) is 12.3 Å². The SMILES string of the molecule is Nc1nc2c(c(=O)[nH]1)CN(Cc1c(Cl)c3ccccc3oc1=O)CC2. The maximum absolute atomic E-state index is 12.3. The number of nitrogens with zero attached hydrogens (tertiary/aromatic N) is 2. The van der Waals surface area contributed by atoms with Gasteiger partial charge in [-0.05, 0) is 12.1 Å². The number of benzene rings is 1. The molecule has 1 aromatic carbocycles. The van der Waals surface area contributed by atoms with Crippen LogP contribution in [0.3, 0.4) is 0 Å². The Kier molecular flexibility index (Phi) is 3.82. The van der Waals surface area contributed by atoms with Crippen LogP contribution in [0.2, 0.25) is 5.02 Å². The highest BCUT2D eigenvalue weighted by atomic mass is 35.5. The van der Waals surface area contributed by atoms with Gasteiger partial charge in [-0.25, -0.2) is 9.78 Å². The van der Waals surface area contributed by atoms with Gasteiger partial charge in [0.05, 0.1) is 21.8 Å². The highest BCUT2D eigenvalue weighted by molar-refractivity contribution is 6.35. The lowest BCUT2D eigenvalue weighted by atomic mass is 10.1. The number of aromatic amines is 1. The fourth-order valence-electron chi connectivity index (χ4n) is 3.14. The van der Waals surface area contributed by atoms with Crippen LogP contribution in [-0.4, -0.2) is 21.4 Å². The van der Waals surface area contributed by atoms with Gasteiger partial charge in [-0.15, -0.1) is 0 Å². The molecule has 0 saturated heterocycles. The van der Waals surface area contributed by atoms with Gasteiger partial charge in [-0.3, -0.25) is 14.7 Å². The molecule has 0 fully saturated rings. The lowest BCUT2D eigenvalue weighted by molar-refractivity contribution is 0.239. The molecule has 1 aliphatic rings. The normalized spacial score (nSPS) is 14.6. The van der Waals surface area contributed by atoms with Crippen LogP contribution in [0.4, 0.5) is 5.95 Å². The molecule has 3 aromatic rings. The molecule has 0 radical (unpaired) electrons. The molecule has 4 rings (SSSR count). The predicted octanol–water partition coefficient (Wildman–Crippen LogP) is 1.67. The van der Waals surface area contributed by atoms with Crippen molar-refractivity contribution in [1.82, 2.24) is 14.9 Å². The third-order valence-electron chi connectivity index (χ3n) is 4.39. The topological polar surface area (TPSA) is 105 Å². The van der Waals surface area contributed by atoms with Crippen LogP contribution in [0.1, 0.15) is 16.8 Å². The molecule has 7 nitrogen and oxygen atoms in total. The second kappa shape index (κ2) is 6.02. The number of nitrogen functional groups attached to an aromatic ring is 1. The Morgan fingerprint density at radius 1 is 1.32 bits per heavy atom. The highest BCUT2D eigenvalue weighted by Crippen LogP contribution is 2.26. The van der Waals surface area contributed by atoms with E-state index in [9.17, 15) is 9.59 Å². The average Bonchev–Trinajstić information content (AvgIpc) is 2.59. The van der Waals surface area contributed by atoms with Crippen molar-refractivity contribution in [2.24, 2.45) is 0 Å². The largest absolute Gasteiger partial charge is 0.422 e. The Bertz CT molecular complexity index is 1090. The van der Waals surface area contributed by atoms with E-state index in [0.717, 1.165) is 0 Å². The van der Waals surface area contributed by atoms with Gasteiger partial charge >= 0.3 is 5.63 Å². The number of hydrogen-bond donors (Lipinski definition) is 2. The number of anilines is 1. The number of rotatable bonds is 2. The highest BCUT2D eigenvalue weighted by Gasteiger charge is 2.23. The standard InChI is InChI=1S/C17H15ClN4O3/c18-14-9-3-1-2-4-13(9)25-16(24)11(14)8-22-6-5-12-10(7-22)15(23)21-17(19)20-12/h1-4H,5-8H2,(H3,19,20,21,23). The summed E-state index contributed by atoms with van der Waals surface area (Å²) in [6.45, 7) is 1.32. The number of para-hydroxylation sites is 1. The van der Waals surface area contributed by atoms with E-state index in [-0.39, 0.29) is 11.5 Å². The van der Waals surface area contributed by atoms with Crippen molar-refractivity contribution in [1.29, 1.82) is 0 Å². The van der Waals surface area contributed by atoms with Gasteiger partial charge in [0.2, 0.25) is 5.95 Å². The number of hydrogen-bond acceptors (Lipinski definition) is 6. The minimum atomic E-state index is -0.459. The minimum Gasteiger partial charge on any atom is -0.422 e.